The Hall–Kier alpha value is -4.66. The van der Waals surface area contributed by atoms with E-state index >= 15 is 0 Å². The minimum Gasteiger partial charge on any atom is -0.261 e. The lowest BCUT2D eigenvalue weighted by molar-refractivity contribution is 0.505. The highest BCUT2D eigenvalue weighted by Gasteiger charge is 2.36. The smallest absolute Gasteiger partial charge is 0.261 e. The van der Waals surface area contributed by atoms with Crippen LogP contribution >= 0.6 is 0 Å². The lowest BCUT2D eigenvalue weighted by atomic mass is 9.85. The molecule has 0 unspecified atom stereocenters. The highest BCUT2D eigenvalue weighted by atomic mass is 32.2. The predicted molar refractivity (Wildman–Crippen MR) is 179 cm³/mol. The molecule has 5 aromatic carbocycles. The Morgan fingerprint density at radius 1 is 0.556 bits per heavy atom. The van der Waals surface area contributed by atoms with E-state index in [1.807, 2.05) is 112 Å². The van der Waals surface area contributed by atoms with E-state index in [0.29, 0.717) is 11.4 Å². The lowest BCUT2D eigenvalue weighted by Crippen LogP contribution is -2.34. The Morgan fingerprint density at radius 2 is 1.09 bits per heavy atom. The first-order valence-corrected chi connectivity index (χ1v) is 17.6. The second-order valence-corrected chi connectivity index (χ2v) is 15.5. The van der Waals surface area contributed by atoms with Crippen LogP contribution in [0.1, 0.15) is 38.9 Å². The van der Waals surface area contributed by atoms with E-state index in [9.17, 15) is 16.8 Å². The van der Waals surface area contributed by atoms with Crippen molar-refractivity contribution in [3.05, 3.63) is 148 Å². The molecule has 2 aliphatic rings. The zero-order valence-corrected chi connectivity index (χ0v) is 26.9. The lowest BCUT2D eigenvalue weighted by Gasteiger charge is -2.36. The molecule has 0 N–H and O–H groups in total. The minimum atomic E-state index is -3.89. The summed E-state index contributed by atoms with van der Waals surface area (Å²) >= 11 is 0. The molecule has 2 heterocycles. The van der Waals surface area contributed by atoms with Crippen molar-refractivity contribution in [3.8, 4) is 11.1 Å². The SMILES string of the molecule is Cc1ccc(S(=O)(=O)N2Cc3ccc4c(c3C=C2c2ccccc2)-c2cc(C)ccc2N(S(=O)(=O)c2ccc(C)cc2)C4)cc1. The van der Waals surface area contributed by atoms with E-state index in [-0.39, 0.29) is 22.9 Å². The van der Waals surface area contributed by atoms with Crippen molar-refractivity contribution in [2.24, 2.45) is 0 Å². The molecule has 8 heteroatoms. The zero-order chi connectivity index (χ0) is 31.5. The number of hydrogen-bond donors (Lipinski definition) is 0. The Bertz CT molecular complexity index is 2210. The molecule has 45 heavy (non-hydrogen) atoms. The minimum absolute atomic E-state index is 0.145. The van der Waals surface area contributed by atoms with Gasteiger partial charge in [-0.15, -0.1) is 0 Å². The van der Waals surface area contributed by atoms with E-state index in [4.69, 9.17) is 0 Å². The standard InChI is InChI=1S/C37H32N2O4S2/c1-25-9-16-31(17-10-25)44(40,41)38-24-30-15-14-29-23-39(45(42,43)32-18-11-26(2)12-19-32)36(28-7-5-4-6-8-28)22-33(29)37(30)34-21-27(3)13-20-35(34)38/h4-22H,23-24H2,1-3H3. The van der Waals surface area contributed by atoms with Crippen LogP contribution in [0.2, 0.25) is 0 Å². The fourth-order valence-electron chi connectivity index (χ4n) is 6.16. The highest BCUT2D eigenvalue weighted by molar-refractivity contribution is 7.92. The molecule has 226 valence electrons. The van der Waals surface area contributed by atoms with E-state index < -0.39 is 20.0 Å². The molecule has 6 nitrogen and oxygen atoms in total. The van der Waals surface area contributed by atoms with E-state index in [1.165, 1.54) is 8.61 Å². The molecule has 2 aliphatic heterocycles. The number of nitrogens with zero attached hydrogens (tertiary/aromatic N) is 2. The van der Waals surface area contributed by atoms with Crippen LogP contribution in [-0.2, 0) is 33.1 Å². The van der Waals surface area contributed by atoms with Crippen molar-refractivity contribution < 1.29 is 16.8 Å². The van der Waals surface area contributed by atoms with Gasteiger partial charge in [0.2, 0.25) is 0 Å². The number of benzene rings is 5. The van der Waals surface area contributed by atoms with E-state index in [2.05, 4.69) is 0 Å². The number of fused-ring (bicyclic) bond motifs is 5. The molecule has 0 radical (unpaired) electrons. The van der Waals surface area contributed by atoms with Gasteiger partial charge in [-0.25, -0.2) is 16.8 Å². The largest absolute Gasteiger partial charge is 0.264 e. The van der Waals surface area contributed by atoms with Gasteiger partial charge in [-0.1, -0.05) is 89.5 Å². The molecule has 7 rings (SSSR count). The average molecular weight is 633 g/mol. The van der Waals surface area contributed by atoms with Gasteiger partial charge in [-0.2, -0.15) is 0 Å². The number of hydrogen-bond acceptors (Lipinski definition) is 4. The quantitative estimate of drug-likeness (QED) is 0.199. The maximum Gasteiger partial charge on any atom is 0.264 e. The third kappa shape index (κ3) is 4.94. The number of aryl methyl sites for hydroxylation is 3. The van der Waals surface area contributed by atoms with Crippen molar-refractivity contribution in [2.45, 2.75) is 43.7 Å². The van der Waals surface area contributed by atoms with Crippen molar-refractivity contribution in [3.63, 3.8) is 0 Å². The first-order chi connectivity index (χ1) is 21.5. The summed E-state index contributed by atoms with van der Waals surface area (Å²) in [5.41, 5.74) is 9.28. The first-order valence-electron chi connectivity index (χ1n) is 14.8. The Balaban J connectivity index is 1.42. The zero-order valence-electron chi connectivity index (χ0n) is 25.2. The summed E-state index contributed by atoms with van der Waals surface area (Å²) in [7, 11) is -7.75. The first kappa shape index (κ1) is 29.1. The molecule has 0 saturated carbocycles. The number of sulfonamides is 2. The summed E-state index contributed by atoms with van der Waals surface area (Å²) < 4.78 is 59.3. The second kappa shape index (κ2) is 10.8. The Kier molecular flexibility index (Phi) is 6.95. The third-order valence-corrected chi connectivity index (χ3v) is 12.1. The topological polar surface area (TPSA) is 74.8 Å². The van der Waals surface area contributed by atoms with Crippen LogP contribution in [0.25, 0.3) is 22.9 Å². The molecule has 0 amide bonds. The van der Waals surface area contributed by atoms with Gasteiger partial charge in [0.1, 0.15) is 0 Å². The van der Waals surface area contributed by atoms with Gasteiger partial charge in [0.05, 0.1) is 34.3 Å². The fourth-order valence-corrected chi connectivity index (χ4v) is 9.08. The van der Waals surface area contributed by atoms with Gasteiger partial charge in [0.25, 0.3) is 20.0 Å². The van der Waals surface area contributed by atoms with Gasteiger partial charge in [-0.05, 0) is 91.1 Å². The van der Waals surface area contributed by atoms with Crippen molar-refractivity contribution in [1.82, 2.24) is 4.31 Å². The maximum atomic E-state index is 14.1. The third-order valence-electron chi connectivity index (χ3n) is 8.58. The van der Waals surface area contributed by atoms with Crippen molar-refractivity contribution in [2.75, 3.05) is 4.31 Å². The summed E-state index contributed by atoms with van der Waals surface area (Å²) in [6.07, 6.45) is 1.95. The van der Waals surface area contributed by atoms with Crippen molar-refractivity contribution in [1.29, 1.82) is 0 Å². The molecule has 5 aromatic rings. The molecule has 0 saturated heterocycles. The van der Waals surface area contributed by atoms with Gasteiger partial charge in [0, 0.05) is 5.56 Å². The number of rotatable bonds is 5. The molecule has 0 aliphatic carbocycles. The van der Waals surface area contributed by atoms with Crippen LogP contribution in [0.3, 0.4) is 0 Å². The summed E-state index contributed by atoms with van der Waals surface area (Å²) in [5.74, 6) is 0. The fraction of sp³-hybridized carbons (Fsp3) is 0.135. The normalized spacial score (nSPS) is 14.3. The summed E-state index contributed by atoms with van der Waals surface area (Å²) in [5, 5.41) is 0. The highest BCUT2D eigenvalue weighted by Crippen LogP contribution is 2.47. The van der Waals surface area contributed by atoms with Crippen LogP contribution in [0.5, 0.6) is 0 Å². The molecule has 0 atom stereocenters. The Morgan fingerprint density at radius 3 is 1.71 bits per heavy atom. The van der Waals surface area contributed by atoms with Crippen molar-refractivity contribution >= 4 is 37.5 Å². The number of anilines is 1. The van der Waals surface area contributed by atoms with Gasteiger partial charge >= 0.3 is 0 Å². The average Bonchev–Trinajstić information content (AvgIpc) is 3.04. The maximum absolute atomic E-state index is 14.1. The van der Waals surface area contributed by atoms with Crippen LogP contribution < -0.4 is 4.31 Å². The summed E-state index contributed by atoms with van der Waals surface area (Å²) in [6, 6.07) is 33.1. The van der Waals surface area contributed by atoms with E-state index in [0.717, 1.165) is 50.1 Å². The predicted octanol–water partition coefficient (Wildman–Crippen LogP) is 7.69. The van der Waals surface area contributed by atoms with Crippen LogP contribution in [-0.4, -0.2) is 21.1 Å². The molecule has 0 bridgehead atoms. The van der Waals surface area contributed by atoms with Gasteiger partial charge in [-0.3, -0.25) is 8.61 Å². The molecule has 0 spiro atoms. The van der Waals surface area contributed by atoms with Crippen LogP contribution in [0.15, 0.2) is 119 Å². The molecular formula is C37H32N2O4S2. The molecule has 0 aromatic heterocycles. The molecule has 0 fully saturated rings. The van der Waals surface area contributed by atoms with Crippen LogP contribution in [0.4, 0.5) is 5.69 Å². The van der Waals surface area contributed by atoms with Gasteiger partial charge in [0.15, 0.2) is 0 Å². The monoisotopic (exact) mass is 632 g/mol. The van der Waals surface area contributed by atoms with Crippen LogP contribution in [0, 0.1) is 20.8 Å². The second-order valence-electron chi connectivity index (χ2n) is 11.7. The molecular weight excluding hydrogens is 601 g/mol. The summed E-state index contributed by atoms with van der Waals surface area (Å²) in [4.78, 5) is 0.471. The van der Waals surface area contributed by atoms with E-state index in [1.54, 1.807) is 24.3 Å². The van der Waals surface area contributed by atoms with Gasteiger partial charge < -0.3 is 0 Å². The Labute approximate surface area is 265 Å². The summed E-state index contributed by atoms with van der Waals surface area (Å²) in [6.45, 7) is 6.16.